The average molecular weight is 757 g/mol. The fourth-order valence-electron chi connectivity index (χ4n) is 8.50. The lowest BCUT2D eigenvalue weighted by atomic mass is 9.77. The van der Waals surface area contributed by atoms with Crippen molar-refractivity contribution in [3.8, 4) is 0 Å². The number of carbonyl (C=O) groups is 1. The summed E-state index contributed by atoms with van der Waals surface area (Å²) in [7, 11) is 7.39. The Morgan fingerprint density at radius 2 is 1.79 bits per heavy atom. The maximum Gasteiger partial charge on any atom is 0.225 e. The van der Waals surface area contributed by atoms with Crippen LogP contribution in [-0.2, 0) is 28.5 Å². The Labute approximate surface area is 315 Å². The number of anilines is 1. The molecule has 1 aromatic heterocycles. The average Bonchev–Trinajstić information content (AvgIpc) is 3.55. The first-order chi connectivity index (χ1) is 24.2. The highest BCUT2D eigenvalue weighted by atomic mass is 32.1. The number of nitrogens with zero attached hydrogens (tertiary/aromatic N) is 3. The highest BCUT2D eigenvalue weighted by molar-refractivity contribution is 7.13. The number of fused-ring (bicyclic) bond motifs is 2. The number of rotatable bonds is 8. The van der Waals surface area contributed by atoms with Crippen molar-refractivity contribution in [2.45, 2.75) is 160 Å². The molecule has 2 saturated heterocycles. The van der Waals surface area contributed by atoms with Crippen molar-refractivity contribution < 1.29 is 43.8 Å². The lowest BCUT2D eigenvalue weighted by molar-refractivity contribution is -0.317. The van der Waals surface area contributed by atoms with Crippen molar-refractivity contribution in [1.82, 2.24) is 15.2 Å². The van der Waals surface area contributed by atoms with Gasteiger partial charge in [0.15, 0.2) is 17.7 Å². The molecule has 1 aromatic rings. The molecule has 4 N–H and O–H groups in total. The van der Waals surface area contributed by atoms with Crippen LogP contribution < -0.4 is 10.2 Å². The molecule has 15 atom stereocenters. The smallest absolute Gasteiger partial charge is 0.225 e. The Bertz CT molecular complexity index is 1300. The van der Waals surface area contributed by atoms with Crippen molar-refractivity contribution in [2.75, 3.05) is 39.7 Å². The Morgan fingerprint density at radius 3 is 2.40 bits per heavy atom. The largest absolute Gasteiger partial charge is 0.387 e. The van der Waals surface area contributed by atoms with Crippen molar-refractivity contribution in [3.05, 3.63) is 11.1 Å². The van der Waals surface area contributed by atoms with Crippen molar-refractivity contribution in [1.29, 1.82) is 0 Å². The van der Waals surface area contributed by atoms with E-state index in [2.05, 4.69) is 31.0 Å². The normalized spacial score (nSPS) is 42.9. The molecule has 4 heterocycles. The lowest BCUT2D eigenvalue weighted by Crippen LogP contribution is -2.60. The summed E-state index contributed by atoms with van der Waals surface area (Å²) in [6, 6.07) is -0.549. The van der Waals surface area contributed by atoms with Gasteiger partial charge in [0.1, 0.15) is 12.2 Å². The molecule has 0 saturated carbocycles. The van der Waals surface area contributed by atoms with Crippen molar-refractivity contribution >= 4 is 22.4 Å². The third-order valence-electron chi connectivity index (χ3n) is 11.4. The molecule has 4 rings (SSSR count). The quantitative estimate of drug-likeness (QED) is 0.304. The summed E-state index contributed by atoms with van der Waals surface area (Å²) in [6.07, 6.45) is -4.50. The van der Waals surface area contributed by atoms with E-state index < -0.39 is 66.1 Å². The molecular weight excluding hydrogens is 689 g/mol. The van der Waals surface area contributed by atoms with Gasteiger partial charge in [0, 0.05) is 44.5 Å². The van der Waals surface area contributed by atoms with Crippen LogP contribution in [0.25, 0.3) is 0 Å². The monoisotopic (exact) mass is 756 g/mol. The SMILES string of the molecule is CO[C@]1(C)C[C@H](O[C@H]2[C@H](C)[C@@H](O[C@@H]3O[C@H](C)C[C@H](N(C)C)[C@H]3O)[C@](C)(O)C[C@@H](C)CN(C)c3nc(cs3)C(CC(C)C)NC(=O)[C@@H]2C)O[C@@H](C)[C@@H]1O. The fraction of sp³-hybridized carbons (Fsp3) is 0.895. The molecule has 13 nitrogen and oxygen atoms in total. The molecule has 3 aliphatic rings. The van der Waals surface area contributed by atoms with E-state index >= 15 is 0 Å². The number of nitrogens with one attached hydrogen (secondary N) is 1. The lowest BCUT2D eigenvalue weighted by Gasteiger charge is -2.49. The zero-order valence-corrected chi connectivity index (χ0v) is 34.6. The topological polar surface area (TPSA) is 155 Å². The zero-order chi connectivity index (χ0) is 38.9. The van der Waals surface area contributed by atoms with Crippen LogP contribution in [-0.4, -0.2) is 132 Å². The maximum atomic E-state index is 14.4. The fourth-order valence-corrected chi connectivity index (χ4v) is 9.35. The third kappa shape index (κ3) is 10.0. The van der Waals surface area contributed by atoms with E-state index in [-0.39, 0.29) is 42.4 Å². The van der Waals surface area contributed by atoms with E-state index in [1.54, 1.807) is 21.0 Å². The predicted molar refractivity (Wildman–Crippen MR) is 201 cm³/mol. The summed E-state index contributed by atoms with van der Waals surface area (Å²) in [5.74, 6) is -1.32. The minimum atomic E-state index is -1.46. The Kier molecular flexibility index (Phi) is 14.6. The van der Waals surface area contributed by atoms with Crippen LogP contribution >= 0.6 is 11.3 Å². The molecule has 300 valence electrons. The number of hydrogen-bond donors (Lipinski definition) is 4. The summed E-state index contributed by atoms with van der Waals surface area (Å²) in [5, 5.41) is 41.2. The number of thiazole rings is 1. The summed E-state index contributed by atoms with van der Waals surface area (Å²) in [4.78, 5) is 23.5. The van der Waals surface area contributed by atoms with Crippen LogP contribution in [0.15, 0.2) is 5.38 Å². The van der Waals surface area contributed by atoms with Gasteiger partial charge in [-0.2, -0.15) is 0 Å². The van der Waals surface area contributed by atoms with Gasteiger partial charge in [-0.3, -0.25) is 4.79 Å². The number of aromatic nitrogens is 1. The van der Waals surface area contributed by atoms with Gasteiger partial charge in [0.25, 0.3) is 0 Å². The second-order valence-electron chi connectivity index (χ2n) is 17.1. The van der Waals surface area contributed by atoms with E-state index in [4.69, 9.17) is 28.7 Å². The number of carbonyl (C=O) groups excluding carboxylic acids is 1. The third-order valence-corrected chi connectivity index (χ3v) is 12.4. The van der Waals surface area contributed by atoms with Crippen LogP contribution in [0.2, 0.25) is 0 Å². The van der Waals surface area contributed by atoms with Crippen LogP contribution in [0.4, 0.5) is 5.13 Å². The summed E-state index contributed by atoms with van der Waals surface area (Å²) < 4.78 is 31.9. The van der Waals surface area contributed by atoms with Crippen LogP contribution in [0.5, 0.6) is 0 Å². The van der Waals surface area contributed by atoms with E-state index in [0.717, 1.165) is 10.8 Å². The number of hydrogen-bond acceptors (Lipinski definition) is 13. The summed E-state index contributed by atoms with van der Waals surface area (Å²) >= 11 is 1.54. The second-order valence-corrected chi connectivity index (χ2v) is 17.9. The highest BCUT2D eigenvalue weighted by Crippen LogP contribution is 2.40. The van der Waals surface area contributed by atoms with E-state index in [9.17, 15) is 20.1 Å². The summed E-state index contributed by atoms with van der Waals surface area (Å²) in [6.45, 7) is 18.0. The number of ether oxygens (including phenoxy) is 5. The molecule has 52 heavy (non-hydrogen) atoms. The molecule has 0 aromatic carbocycles. The first-order valence-corrected chi connectivity index (χ1v) is 19.9. The number of likely N-dealkylation sites (N-methyl/N-ethyl adjacent to an activating group) is 1. The Morgan fingerprint density at radius 1 is 1.12 bits per heavy atom. The molecular formula is C38H68N4O9S. The highest BCUT2D eigenvalue weighted by Gasteiger charge is 2.51. The minimum Gasteiger partial charge on any atom is -0.387 e. The van der Waals surface area contributed by atoms with Gasteiger partial charge in [-0.15, -0.1) is 11.3 Å². The molecule has 1 unspecified atom stereocenters. The first-order valence-electron chi connectivity index (χ1n) is 19.1. The zero-order valence-electron chi connectivity index (χ0n) is 33.7. The minimum absolute atomic E-state index is 0.00383. The molecule has 14 heteroatoms. The van der Waals surface area contributed by atoms with Gasteiger partial charge >= 0.3 is 0 Å². The van der Waals surface area contributed by atoms with Crippen LogP contribution in [0.3, 0.4) is 0 Å². The van der Waals surface area contributed by atoms with Crippen LogP contribution in [0.1, 0.15) is 99.7 Å². The number of amides is 1. The Balaban J connectivity index is 1.81. The van der Waals surface area contributed by atoms with E-state index in [0.29, 0.717) is 25.8 Å². The first kappa shape index (κ1) is 43.3. The van der Waals surface area contributed by atoms with Crippen LogP contribution in [0, 0.1) is 23.7 Å². The molecule has 1 amide bonds. The predicted octanol–water partition coefficient (Wildman–Crippen LogP) is 3.94. The second kappa shape index (κ2) is 17.6. The Hall–Kier alpha value is -1.46. The van der Waals surface area contributed by atoms with Crippen molar-refractivity contribution in [3.63, 3.8) is 0 Å². The van der Waals surface area contributed by atoms with E-state index in [1.807, 2.05) is 59.1 Å². The number of aliphatic hydroxyl groups excluding tert-OH is 2. The number of methoxy groups -OCH3 is 1. The van der Waals surface area contributed by atoms with Gasteiger partial charge in [-0.05, 0) is 72.9 Å². The molecule has 0 radical (unpaired) electrons. The van der Waals surface area contributed by atoms with Gasteiger partial charge in [-0.1, -0.05) is 34.6 Å². The molecule has 0 aliphatic carbocycles. The van der Waals surface area contributed by atoms with Gasteiger partial charge in [0.2, 0.25) is 5.91 Å². The van der Waals surface area contributed by atoms with E-state index in [1.165, 1.54) is 11.3 Å². The number of aliphatic hydroxyl groups is 3. The molecule has 3 aliphatic heterocycles. The molecule has 2 bridgehead atoms. The molecule has 0 spiro atoms. The maximum absolute atomic E-state index is 14.4. The standard InChI is InChI=1S/C38H68N4O9S/c1-20(2)14-26-27-19-52-36(40-27)42(12)18-21(3)16-37(8,46)33(51-35-30(43)28(41(10)11)15-22(4)48-35)23(5)31(24(6)34(45)39-26)50-29-17-38(9,47-13)32(44)25(7)49-29/h19-26,28-33,35,43-44,46H,14-18H2,1-13H3,(H,39,45)/t21-,22-,23+,24-,25+,26?,28+,29+,30-,31+,32+,33-,35+,37-,38-/m1/s1. The van der Waals surface area contributed by atoms with Gasteiger partial charge < -0.3 is 54.1 Å². The van der Waals surface area contributed by atoms with Gasteiger partial charge in [0.05, 0.1) is 53.3 Å². The molecule has 2 fully saturated rings. The van der Waals surface area contributed by atoms with Gasteiger partial charge in [-0.25, -0.2) is 4.98 Å². The summed E-state index contributed by atoms with van der Waals surface area (Å²) in [5.41, 5.74) is -1.60. The van der Waals surface area contributed by atoms with Crippen molar-refractivity contribution in [2.24, 2.45) is 23.7 Å².